The van der Waals surface area contributed by atoms with Crippen LogP contribution in [-0.4, -0.2) is 98.2 Å². The number of halogens is 6. The van der Waals surface area contributed by atoms with E-state index in [1.807, 2.05) is 41.5 Å². The Morgan fingerprint density at radius 1 is 0.568 bits per heavy atom. The van der Waals surface area contributed by atoms with Crippen LogP contribution in [-0.2, 0) is 55.7 Å². The number of aromatic amines is 2. The van der Waals surface area contributed by atoms with Gasteiger partial charge in [0, 0.05) is 92.2 Å². The zero-order chi connectivity index (χ0) is 63.8. The Morgan fingerprint density at radius 2 is 0.909 bits per heavy atom. The second kappa shape index (κ2) is 28.6. The number of carbonyl (C=O) groups excluding carboxylic acids is 4. The fourth-order valence-corrected chi connectivity index (χ4v) is 12.1. The van der Waals surface area contributed by atoms with Crippen LogP contribution in [0.5, 0.6) is 11.5 Å². The summed E-state index contributed by atoms with van der Waals surface area (Å²) >= 11 is 27.4. The third-order valence-corrected chi connectivity index (χ3v) is 17.0. The Kier molecular flexibility index (Phi) is 21.6. The lowest BCUT2D eigenvalue weighted by molar-refractivity contribution is -0.128. The minimum atomic E-state index is -1.15. The number of carbonyl (C=O) groups is 4. The Bertz CT molecular complexity index is 3590. The standard InChI is InChI=1S/C66H68Cl4F2N8O8/c1-9-51(73-7)61(83)75-53(63(85)79-35-65(3,4)57-55(79)27-39(59(81)77-57)25-37-15-19-41(71)20-16-37)33-45-47(67)29-43(30-48(45)68)87-23-13-11-12-14-24-88-44-31-49(69)46(50(70)32-44)34-54(76-62(84)52(10-2)74-8)64(86)80-36-66(5,6)58-56(80)28-40(60(82)78-58)26-38-17-21-42(72)22-18-38/h15-22,27-32,51-54,73-74H,9-10,23-26,33-36H2,1-8H3,(H,75,83)(H,76,84)(H,77,81)(H,78,82)/t51-,52-,53-,54-/m0/s1. The van der Waals surface area contributed by atoms with Gasteiger partial charge in [0.15, 0.2) is 0 Å². The average Bonchev–Trinajstić information content (AvgIpc) is 1.87. The molecule has 0 bridgehead atoms. The molecule has 4 heterocycles. The smallest absolute Gasteiger partial charge is 0.251 e. The second-order valence-electron chi connectivity index (χ2n) is 22.9. The molecule has 4 aromatic carbocycles. The number of anilines is 2. The number of nitrogens with one attached hydrogen (secondary N) is 6. The summed E-state index contributed by atoms with van der Waals surface area (Å²) in [4.78, 5) is 92.7. The van der Waals surface area contributed by atoms with E-state index in [1.54, 1.807) is 60.3 Å². The van der Waals surface area contributed by atoms with Gasteiger partial charge in [-0.25, -0.2) is 8.78 Å². The first-order valence-corrected chi connectivity index (χ1v) is 30.1. The Morgan fingerprint density at radius 3 is 1.23 bits per heavy atom. The number of hydrogen-bond donors (Lipinski definition) is 6. The molecule has 0 saturated heterocycles. The minimum Gasteiger partial charge on any atom is -0.481 e. The molecular formula is C66H68Cl4F2N8O8. The zero-order valence-corrected chi connectivity index (χ0v) is 52.9. The van der Waals surface area contributed by atoms with Crippen LogP contribution in [0.2, 0.25) is 20.1 Å². The Hall–Kier alpha value is -7.68. The van der Waals surface area contributed by atoms with Gasteiger partial charge in [0.25, 0.3) is 11.1 Å². The highest BCUT2D eigenvalue weighted by Crippen LogP contribution is 2.42. The maximum absolute atomic E-state index is 14.8. The van der Waals surface area contributed by atoms with Crippen molar-refractivity contribution in [3.63, 3.8) is 0 Å². The molecule has 8 rings (SSSR count). The van der Waals surface area contributed by atoms with Crippen molar-refractivity contribution in [2.45, 2.75) is 115 Å². The molecule has 2 aliphatic heterocycles. The van der Waals surface area contributed by atoms with E-state index >= 15 is 0 Å². The van der Waals surface area contributed by atoms with Crippen molar-refractivity contribution >= 4 is 81.4 Å². The molecule has 0 radical (unpaired) electrons. The maximum atomic E-state index is 14.8. The molecule has 2 aliphatic rings. The summed E-state index contributed by atoms with van der Waals surface area (Å²) < 4.78 is 39.1. The van der Waals surface area contributed by atoms with Gasteiger partial charge in [-0.1, -0.05) is 112 Å². The van der Waals surface area contributed by atoms with E-state index in [-0.39, 0.29) is 94.7 Å². The van der Waals surface area contributed by atoms with E-state index < -0.39 is 70.3 Å². The number of pyridine rings is 2. The molecule has 22 heteroatoms. The molecule has 0 fully saturated rings. The molecular weight excluding hydrogens is 1210 g/mol. The van der Waals surface area contributed by atoms with Crippen molar-refractivity contribution < 1.29 is 37.4 Å². The van der Waals surface area contributed by atoms with Gasteiger partial charge >= 0.3 is 0 Å². The number of fused-ring (bicyclic) bond motifs is 2. The van der Waals surface area contributed by atoms with Crippen molar-refractivity contribution in [2.75, 3.05) is 50.2 Å². The number of amides is 4. The van der Waals surface area contributed by atoms with Crippen LogP contribution < -0.4 is 51.7 Å². The number of likely N-dealkylation sites (N-methyl/N-ethyl adjacent to an activating group) is 2. The fraction of sp³-hybridized carbons (Fsp3) is 0.364. The van der Waals surface area contributed by atoms with Crippen molar-refractivity contribution in [3.05, 3.63) is 182 Å². The van der Waals surface area contributed by atoms with E-state index in [9.17, 15) is 37.5 Å². The van der Waals surface area contributed by atoms with Gasteiger partial charge in [0.1, 0.15) is 48.4 Å². The minimum absolute atomic E-state index is 0.0956. The monoisotopic (exact) mass is 1280 g/mol. The van der Waals surface area contributed by atoms with Crippen LogP contribution in [0.3, 0.4) is 0 Å². The van der Waals surface area contributed by atoms with Gasteiger partial charge < -0.3 is 50.5 Å². The number of H-pyrrole nitrogens is 2. The predicted octanol–water partition coefficient (Wildman–Crippen LogP) is 9.30. The lowest BCUT2D eigenvalue weighted by Gasteiger charge is -2.28. The van der Waals surface area contributed by atoms with Crippen molar-refractivity contribution in [1.29, 1.82) is 0 Å². The molecule has 88 heavy (non-hydrogen) atoms. The van der Waals surface area contributed by atoms with Crippen LogP contribution in [0.4, 0.5) is 20.2 Å². The number of aromatic nitrogens is 2. The van der Waals surface area contributed by atoms with E-state index in [1.165, 1.54) is 48.5 Å². The first-order chi connectivity index (χ1) is 41.8. The molecule has 0 saturated carbocycles. The lowest BCUT2D eigenvalue weighted by Crippen LogP contribution is -2.54. The predicted molar refractivity (Wildman–Crippen MR) is 340 cm³/mol. The highest BCUT2D eigenvalue weighted by molar-refractivity contribution is 6.37. The average molecular weight is 1280 g/mol. The highest BCUT2D eigenvalue weighted by atomic mass is 35.5. The lowest BCUT2D eigenvalue weighted by atomic mass is 9.91. The summed E-state index contributed by atoms with van der Waals surface area (Å²) in [5.41, 5.74) is 3.02. The maximum Gasteiger partial charge on any atom is 0.251 e. The second-order valence-corrected chi connectivity index (χ2v) is 24.6. The third-order valence-electron chi connectivity index (χ3n) is 15.7. The summed E-state index contributed by atoms with van der Waals surface area (Å²) in [6, 6.07) is 17.6. The summed E-state index contributed by atoms with van der Waals surface area (Å²) in [6.45, 7) is 11.5. The van der Waals surface area contributed by atoms with E-state index in [4.69, 9.17) is 55.9 Å². The molecule has 2 aromatic heterocycles. The number of ether oxygens (including phenoxy) is 2. The molecule has 4 amide bonds. The number of hydrogen-bond acceptors (Lipinski definition) is 10. The number of nitrogens with zero attached hydrogens (tertiary/aromatic N) is 2. The van der Waals surface area contributed by atoms with E-state index in [2.05, 4.69) is 54.9 Å². The molecule has 462 valence electrons. The van der Waals surface area contributed by atoms with Gasteiger partial charge in [0.2, 0.25) is 23.6 Å². The molecule has 16 nitrogen and oxygen atoms in total. The van der Waals surface area contributed by atoms with Gasteiger partial charge in [-0.2, -0.15) is 0 Å². The van der Waals surface area contributed by atoms with Crippen molar-refractivity contribution in [2.24, 2.45) is 0 Å². The third kappa shape index (κ3) is 15.6. The largest absolute Gasteiger partial charge is 0.481 e. The van der Waals surface area contributed by atoms with Crippen molar-refractivity contribution in [1.82, 2.24) is 31.2 Å². The van der Waals surface area contributed by atoms with Crippen LogP contribution in [0.15, 0.2) is 94.5 Å². The molecule has 6 N–H and O–H groups in total. The van der Waals surface area contributed by atoms with Gasteiger partial charge in [-0.3, -0.25) is 28.8 Å². The summed E-state index contributed by atoms with van der Waals surface area (Å²) in [6.07, 6.45) is 1.07. The van der Waals surface area contributed by atoms with Crippen molar-refractivity contribution in [3.8, 4) is 35.2 Å². The van der Waals surface area contributed by atoms with Crippen LogP contribution >= 0.6 is 46.4 Å². The van der Waals surface area contributed by atoms with E-state index in [0.717, 1.165) is 0 Å². The van der Waals surface area contributed by atoms with Gasteiger partial charge in [-0.05, 0) is 134 Å². The fourth-order valence-electron chi connectivity index (χ4n) is 10.9. The topological polar surface area (TPSA) is 207 Å². The summed E-state index contributed by atoms with van der Waals surface area (Å²) in [7, 11) is 3.30. The summed E-state index contributed by atoms with van der Waals surface area (Å²) in [5.74, 6) is 9.06. The zero-order valence-electron chi connectivity index (χ0n) is 49.9. The first-order valence-electron chi connectivity index (χ1n) is 28.6. The van der Waals surface area contributed by atoms with Crippen LogP contribution in [0, 0.1) is 35.3 Å². The highest BCUT2D eigenvalue weighted by Gasteiger charge is 2.44. The SMILES string of the molecule is CC[C@H](NC)C(=O)N[C@@H](Cc1c(Cl)cc(OCC#CC#CCOc2cc(Cl)c(C[C@H](NC(=O)[C@H](CC)NC)C(=O)N3CC(C)(C)c4[nH]c(=O)c(Cc5ccc(F)cc5)cc43)c(Cl)c2)cc1Cl)C(=O)N1CC(C)(C)c2[nH]c(=O)c(Cc3ccc(F)cc3)cc21. The van der Waals surface area contributed by atoms with Gasteiger partial charge in [0.05, 0.1) is 23.5 Å². The summed E-state index contributed by atoms with van der Waals surface area (Å²) in [5, 5.41) is 12.5. The number of benzene rings is 4. The molecule has 0 unspecified atom stereocenters. The molecule has 0 aliphatic carbocycles. The van der Waals surface area contributed by atoms with Crippen LogP contribution in [0.1, 0.15) is 99.2 Å². The Labute approximate surface area is 529 Å². The van der Waals surface area contributed by atoms with Gasteiger partial charge in [-0.15, -0.1) is 0 Å². The molecule has 6 aromatic rings. The quantitative estimate of drug-likeness (QED) is 0.0355. The molecule has 4 atom stereocenters. The van der Waals surface area contributed by atoms with Crippen LogP contribution in [0.25, 0.3) is 0 Å². The first kappa shape index (κ1) is 66.3. The normalized spacial score (nSPS) is 14.9. The molecule has 0 spiro atoms. The number of rotatable bonds is 22. The Balaban J connectivity index is 0.915. The van der Waals surface area contributed by atoms with E-state index in [0.29, 0.717) is 69.0 Å².